The normalized spacial score (nSPS) is 11.9. The first-order valence-corrected chi connectivity index (χ1v) is 9.62. The maximum Gasteiger partial charge on any atom is 0.322 e. The van der Waals surface area contributed by atoms with Gasteiger partial charge in [0.05, 0.1) is 29.7 Å². The van der Waals surface area contributed by atoms with Crippen LogP contribution in [0.4, 0.5) is 10.5 Å². The molecular formula is C21H23ClN4O3. The Morgan fingerprint density at radius 1 is 1.31 bits per heavy atom. The molecule has 0 fully saturated rings. The van der Waals surface area contributed by atoms with E-state index in [-0.39, 0.29) is 11.6 Å². The minimum atomic E-state index is -0.448. The molecule has 29 heavy (non-hydrogen) atoms. The molecule has 0 aliphatic rings. The lowest BCUT2D eigenvalue weighted by Crippen LogP contribution is -2.39. The predicted octanol–water partition coefficient (Wildman–Crippen LogP) is 4.21. The molecular weight excluding hydrogens is 392 g/mol. The van der Waals surface area contributed by atoms with Gasteiger partial charge in [0.1, 0.15) is 11.6 Å². The number of hydrogen-bond donors (Lipinski definition) is 1. The number of halogens is 1. The quantitative estimate of drug-likeness (QED) is 0.678. The summed E-state index contributed by atoms with van der Waals surface area (Å²) in [4.78, 5) is 32.0. The monoisotopic (exact) mass is 414 g/mol. The Labute approximate surface area is 173 Å². The van der Waals surface area contributed by atoms with Crippen LogP contribution in [0.2, 0.25) is 5.02 Å². The van der Waals surface area contributed by atoms with E-state index in [2.05, 4.69) is 10.3 Å². The van der Waals surface area contributed by atoms with Gasteiger partial charge >= 0.3 is 6.03 Å². The molecule has 0 aliphatic carbocycles. The van der Waals surface area contributed by atoms with E-state index in [1.165, 1.54) is 4.57 Å². The number of aromatic nitrogens is 2. The number of para-hydroxylation sites is 2. The fourth-order valence-electron chi connectivity index (χ4n) is 3.30. The molecule has 2 aromatic carbocycles. The molecule has 3 aromatic rings. The molecule has 1 aromatic heterocycles. The molecule has 1 atom stereocenters. The van der Waals surface area contributed by atoms with E-state index < -0.39 is 6.04 Å². The lowest BCUT2D eigenvalue weighted by atomic mass is 10.2. The van der Waals surface area contributed by atoms with Gasteiger partial charge in [-0.05, 0) is 44.2 Å². The van der Waals surface area contributed by atoms with E-state index in [9.17, 15) is 9.59 Å². The number of amides is 2. The first-order valence-electron chi connectivity index (χ1n) is 9.24. The van der Waals surface area contributed by atoms with E-state index in [1.54, 1.807) is 49.4 Å². The number of anilines is 1. The summed E-state index contributed by atoms with van der Waals surface area (Å²) >= 11 is 6.07. The van der Waals surface area contributed by atoms with Crippen LogP contribution in [-0.4, -0.2) is 34.1 Å². The van der Waals surface area contributed by atoms with E-state index in [0.29, 0.717) is 39.7 Å². The molecule has 0 saturated carbocycles. The van der Waals surface area contributed by atoms with Crippen molar-refractivity contribution in [2.24, 2.45) is 7.05 Å². The van der Waals surface area contributed by atoms with Gasteiger partial charge in [-0.1, -0.05) is 23.7 Å². The van der Waals surface area contributed by atoms with Gasteiger partial charge in [0.15, 0.2) is 0 Å². The van der Waals surface area contributed by atoms with E-state index in [4.69, 9.17) is 16.3 Å². The van der Waals surface area contributed by atoms with Crippen molar-refractivity contribution in [3.05, 3.63) is 63.7 Å². The van der Waals surface area contributed by atoms with Crippen LogP contribution in [-0.2, 0) is 7.05 Å². The molecule has 2 amide bonds. The van der Waals surface area contributed by atoms with Crippen LogP contribution in [0.25, 0.3) is 10.9 Å². The smallest absolute Gasteiger partial charge is 0.322 e. The summed E-state index contributed by atoms with van der Waals surface area (Å²) in [6.45, 7) is 4.13. The highest BCUT2D eigenvalue weighted by molar-refractivity contribution is 6.31. The number of benzene rings is 2. The van der Waals surface area contributed by atoms with Crippen LogP contribution in [0.15, 0.2) is 47.3 Å². The number of nitrogens with one attached hydrogen (secondary N) is 1. The summed E-state index contributed by atoms with van der Waals surface area (Å²) in [5.41, 5.74) is 0.885. The van der Waals surface area contributed by atoms with Crippen molar-refractivity contribution >= 4 is 34.2 Å². The van der Waals surface area contributed by atoms with Gasteiger partial charge in [-0.25, -0.2) is 9.78 Å². The summed E-state index contributed by atoms with van der Waals surface area (Å²) in [5.74, 6) is 1.04. The van der Waals surface area contributed by atoms with Crippen LogP contribution in [0.5, 0.6) is 5.75 Å². The van der Waals surface area contributed by atoms with Crippen molar-refractivity contribution < 1.29 is 9.53 Å². The van der Waals surface area contributed by atoms with Gasteiger partial charge in [0.2, 0.25) is 0 Å². The lowest BCUT2D eigenvalue weighted by molar-refractivity contribution is 0.192. The van der Waals surface area contributed by atoms with Gasteiger partial charge in [0, 0.05) is 18.6 Å². The fraction of sp³-hybridized carbons (Fsp3) is 0.286. The standard InChI is InChI=1S/C21H23ClN4O3/c1-5-26(21(28)24-16-8-6-7-9-18(16)29-4)13(2)19-23-17-12-14(22)10-11-15(17)20(27)25(19)3/h6-13H,5H2,1-4H3,(H,24,28). The highest BCUT2D eigenvalue weighted by Crippen LogP contribution is 2.26. The fourth-order valence-corrected chi connectivity index (χ4v) is 3.47. The van der Waals surface area contributed by atoms with Crippen molar-refractivity contribution in [3.8, 4) is 5.75 Å². The second-order valence-corrected chi connectivity index (χ2v) is 7.02. The number of hydrogen-bond acceptors (Lipinski definition) is 4. The minimum absolute atomic E-state index is 0.185. The molecule has 0 bridgehead atoms. The first-order chi connectivity index (χ1) is 13.9. The molecule has 1 unspecified atom stereocenters. The van der Waals surface area contributed by atoms with Crippen LogP contribution in [0.1, 0.15) is 25.7 Å². The Morgan fingerprint density at radius 2 is 2.03 bits per heavy atom. The summed E-state index contributed by atoms with van der Waals surface area (Å²) in [6, 6.07) is 11.4. The molecule has 3 rings (SSSR count). The van der Waals surface area contributed by atoms with Crippen molar-refractivity contribution in [1.29, 1.82) is 0 Å². The van der Waals surface area contributed by atoms with Crippen molar-refractivity contribution in [3.63, 3.8) is 0 Å². The average Bonchev–Trinajstić information content (AvgIpc) is 2.71. The Bertz CT molecular complexity index is 1110. The molecule has 0 aliphatic heterocycles. The molecule has 152 valence electrons. The average molecular weight is 415 g/mol. The number of carbonyl (C=O) groups excluding carboxylic acids is 1. The van der Waals surface area contributed by atoms with Gasteiger partial charge in [-0.2, -0.15) is 0 Å². The van der Waals surface area contributed by atoms with Crippen LogP contribution in [0, 0.1) is 0 Å². The third-order valence-corrected chi connectivity index (χ3v) is 5.10. The Hall–Kier alpha value is -3.06. The van der Waals surface area contributed by atoms with Crippen LogP contribution in [0.3, 0.4) is 0 Å². The highest BCUT2D eigenvalue weighted by atomic mass is 35.5. The maximum absolute atomic E-state index is 13.0. The van der Waals surface area contributed by atoms with Gasteiger partial charge in [0.25, 0.3) is 5.56 Å². The van der Waals surface area contributed by atoms with E-state index >= 15 is 0 Å². The number of ether oxygens (including phenoxy) is 1. The molecule has 1 heterocycles. The SMILES string of the molecule is CCN(C(=O)Nc1ccccc1OC)C(C)c1nc2cc(Cl)ccc2c(=O)n1C. The van der Waals surface area contributed by atoms with E-state index in [0.717, 1.165) is 0 Å². The van der Waals surface area contributed by atoms with Gasteiger partial charge in [-0.3, -0.25) is 9.36 Å². The second-order valence-electron chi connectivity index (χ2n) is 6.59. The molecule has 1 N–H and O–H groups in total. The van der Waals surface area contributed by atoms with Crippen molar-refractivity contribution in [2.75, 3.05) is 19.0 Å². The number of urea groups is 1. The van der Waals surface area contributed by atoms with Crippen molar-refractivity contribution in [2.45, 2.75) is 19.9 Å². The summed E-state index contributed by atoms with van der Waals surface area (Å²) in [5, 5.41) is 3.85. The summed E-state index contributed by atoms with van der Waals surface area (Å²) in [7, 11) is 3.20. The van der Waals surface area contributed by atoms with Crippen LogP contribution < -0.4 is 15.6 Å². The zero-order chi connectivity index (χ0) is 21.1. The lowest BCUT2D eigenvalue weighted by Gasteiger charge is -2.29. The summed E-state index contributed by atoms with van der Waals surface area (Å²) < 4.78 is 6.77. The van der Waals surface area contributed by atoms with E-state index in [1.807, 2.05) is 26.0 Å². The molecule has 7 nitrogen and oxygen atoms in total. The van der Waals surface area contributed by atoms with Gasteiger partial charge in [-0.15, -0.1) is 0 Å². The third-order valence-electron chi connectivity index (χ3n) is 4.86. The number of rotatable bonds is 5. The largest absolute Gasteiger partial charge is 0.495 e. The summed E-state index contributed by atoms with van der Waals surface area (Å²) in [6.07, 6.45) is 0. The second kappa shape index (κ2) is 8.53. The number of carbonyl (C=O) groups is 1. The first kappa shape index (κ1) is 20.7. The third kappa shape index (κ3) is 4.05. The Balaban J connectivity index is 1.97. The molecule has 8 heteroatoms. The Kier molecular flexibility index (Phi) is 6.08. The number of fused-ring (bicyclic) bond motifs is 1. The maximum atomic E-state index is 13.0. The van der Waals surface area contributed by atoms with Crippen LogP contribution >= 0.6 is 11.6 Å². The highest BCUT2D eigenvalue weighted by Gasteiger charge is 2.25. The zero-order valence-electron chi connectivity index (χ0n) is 16.8. The molecule has 0 saturated heterocycles. The number of methoxy groups -OCH3 is 1. The van der Waals surface area contributed by atoms with Crippen molar-refractivity contribution in [1.82, 2.24) is 14.5 Å². The predicted molar refractivity (Wildman–Crippen MR) is 115 cm³/mol. The Morgan fingerprint density at radius 3 is 2.72 bits per heavy atom. The number of nitrogens with zero attached hydrogens (tertiary/aromatic N) is 3. The minimum Gasteiger partial charge on any atom is -0.495 e. The topological polar surface area (TPSA) is 76.5 Å². The molecule has 0 radical (unpaired) electrons. The molecule has 0 spiro atoms. The zero-order valence-corrected chi connectivity index (χ0v) is 17.5. The van der Waals surface area contributed by atoms with Gasteiger partial charge < -0.3 is 15.0 Å².